The highest BCUT2D eigenvalue weighted by molar-refractivity contribution is 8.00. The molecule has 0 saturated carbocycles. The van der Waals surface area contributed by atoms with Crippen molar-refractivity contribution in [1.82, 2.24) is 0 Å². The lowest BCUT2D eigenvalue weighted by Crippen LogP contribution is -1.90. The van der Waals surface area contributed by atoms with Crippen LogP contribution in [0.1, 0.15) is 19.4 Å². The van der Waals surface area contributed by atoms with Crippen molar-refractivity contribution in [1.29, 1.82) is 5.26 Å². The molecule has 74 valence electrons. The van der Waals surface area contributed by atoms with E-state index in [1.165, 1.54) is 0 Å². The summed E-state index contributed by atoms with van der Waals surface area (Å²) < 4.78 is 0. The minimum absolute atomic E-state index is 0.513. The van der Waals surface area contributed by atoms with E-state index >= 15 is 0 Å². The smallest absolute Gasteiger partial charge is 0.101 e. The largest absolute Gasteiger partial charge is 0.192 e. The standard InChI is InChI=1S/C11H13NS2/c1-8(2)14-11-6-4-5-10(13-3)9(11)7-12/h4-6,8H,1-3H3. The molecular formula is C11H13NS2. The molecule has 1 aromatic rings. The highest BCUT2D eigenvalue weighted by Gasteiger charge is 2.08. The molecule has 0 N–H and O–H groups in total. The summed E-state index contributed by atoms with van der Waals surface area (Å²) >= 11 is 3.37. The minimum Gasteiger partial charge on any atom is -0.192 e. The van der Waals surface area contributed by atoms with Crippen molar-refractivity contribution in [2.45, 2.75) is 28.9 Å². The molecule has 0 saturated heterocycles. The Morgan fingerprint density at radius 1 is 1.29 bits per heavy atom. The van der Waals surface area contributed by atoms with Gasteiger partial charge in [-0.25, -0.2) is 0 Å². The first-order valence-corrected chi connectivity index (χ1v) is 6.53. The van der Waals surface area contributed by atoms with E-state index in [1.807, 2.05) is 24.5 Å². The van der Waals surface area contributed by atoms with Crippen molar-refractivity contribution in [2.75, 3.05) is 6.26 Å². The number of nitriles is 1. The Morgan fingerprint density at radius 2 is 1.93 bits per heavy atom. The predicted molar refractivity (Wildman–Crippen MR) is 63.9 cm³/mol. The molecule has 1 rings (SSSR count). The molecule has 0 unspecified atom stereocenters. The number of benzene rings is 1. The Kier molecular flexibility index (Phi) is 4.37. The third-order valence-corrected chi connectivity index (χ3v) is 3.53. The fraction of sp³-hybridized carbons (Fsp3) is 0.364. The van der Waals surface area contributed by atoms with Gasteiger partial charge in [0.1, 0.15) is 6.07 Å². The molecule has 0 radical (unpaired) electrons. The first-order chi connectivity index (χ1) is 6.69. The summed E-state index contributed by atoms with van der Waals surface area (Å²) in [6.07, 6.45) is 2.00. The summed E-state index contributed by atoms with van der Waals surface area (Å²) in [5.41, 5.74) is 0.818. The van der Waals surface area contributed by atoms with E-state index < -0.39 is 0 Å². The van der Waals surface area contributed by atoms with E-state index in [0.717, 1.165) is 15.4 Å². The van der Waals surface area contributed by atoms with Gasteiger partial charge in [0.25, 0.3) is 0 Å². The van der Waals surface area contributed by atoms with Crippen molar-refractivity contribution in [2.24, 2.45) is 0 Å². The van der Waals surface area contributed by atoms with Gasteiger partial charge >= 0.3 is 0 Å². The maximum Gasteiger partial charge on any atom is 0.101 e. The van der Waals surface area contributed by atoms with Gasteiger partial charge in [0, 0.05) is 15.0 Å². The van der Waals surface area contributed by atoms with E-state index in [0.29, 0.717) is 5.25 Å². The van der Waals surface area contributed by atoms with Gasteiger partial charge in [-0.05, 0) is 18.4 Å². The second-order valence-electron chi connectivity index (χ2n) is 3.11. The lowest BCUT2D eigenvalue weighted by Gasteiger charge is -2.08. The molecule has 0 aliphatic rings. The van der Waals surface area contributed by atoms with Gasteiger partial charge in [-0.3, -0.25) is 0 Å². The van der Waals surface area contributed by atoms with Gasteiger partial charge in [-0.15, -0.1) is 23.5 Å². The van der Waals surface area contributed by atoms with Gasteiger partial charge in [-0.1, -0.05) is 19.9 Å². The maximum atomic E-state index is 9.07. The van der Waals surface area contributed by atoms with Crippen LogP contribution >= 0.6 is 23.5 Å². The first kappa shape index (κ1) is 11.5. The summed E-state index contributed by atoms with van der Waals surface area (Å²) in [5, 5.41) is 9.58. The third-order valence-electron chi connectivity index (χ3n) is 1.68. The molecule has 0 heterocycles. The Hall–Kier alpha value is -0.590. The van der Waals surface area contributed by atoms with E-state index in [2.05, 4.69) is 19.9 Å². The van der Waals surface area contributed by atoms with Crippen LogP contribution in [0.15, 0.2) is 28.0 Å². The predicted octanol–water partition coefficient (Wildman–Crippen LogP) is 3.78. The van der Waals surface area contributed by atoms with Crippen LogP contribution in [0.25, 0.3) is 0 Å². The van der Waals surface area contributed by atoms with Gasteiger partial charge in [0.05, 0.1) is 5.56 Å². The fourth-order valence-electron chi connectivity index (χ4n) is 1.14. The molecule has 0 amide bonds. The zero-order valence-corrected chi connectivity index (χ0v) is 10.2. The molecule has 0 spiro atoms. The molecule has 0 atom stereocenters. The summed E-state index contributed by atoms with van der Waals surface area (Å²) in [4.78, 5) is 2.16. The van der Waals surface area contributed by atoms with Crippen molar-refractivity contribution in [3.8, 4) is 6.07 Å². The lowest BCUT2D eigenvalue weighted by molar-refractivity contribution is 1.10. The Morgan fingerprint density at radius 3 is 2.43 bits per heavy atom. The van der Waals surface area contributed by atoms with E-state index in [1.54, 1.807) is 23.5 Å². The number of rotatable bonds is 3. The first-order valence-electron chi connectivity index (χ1n) is 4.42. The molecule has 1 aromatic carbocycles. The van der Waals surface area contributed by atoms with Crippen LogP contribution in [-0.4, -0.2) is 11.5 Å². The second kappa shape index (κ2) is 5.33. The molecular weight excluding hydrogens is 210 g/mol. The Balaban J connectivity index is 3.10. The van der Waals surface area contributed by atoms with E-state index in [-0.39, 0.29) is 0 Å². The van der Waals surface area contributed by atoms with Gasteiger partial charge in [0.15, 0.2) is 0 Å². The monoisotopic (exact) mass is 223 g/mol. The zero-order chi connectivity index (χ0) is 10.6. The van der Waals surface area contributed by atoms with Crippen LogP contribution in [0.5, 0.6) is 0 Å². The number of thioether (sulfide) groups is 2. The van der Waals surface area contributed by atoms with Crippen molar-refractivity contribution >= 4 is 23.5 Å². The summed E-state index contributed by atoms with van der Waals surface area (Å²) in [6, 6.07) is 8.30. The van der Waals surface area contributed by atoms with Gasteiger partial charge in [0.2, 0.25) is 0 Å². The Bertz CT molecular complexity index is 353. The van der Waals surface area contributed by atoms with Gasteiger partial charge < -0.3 is 0 Å². The number of hydrogen-bond acceptors (Lipinski definition) is 3. The Labute approximate surface area is 93.9 Å². The summed E-state index contributed by atoms with van der Waals surface area (Å²) in [5.74, 6) is 0. The number of nitrogens with zero attached hydrogens (tertiary/aromatic N) is 1. The lowest BCUT2D eigenvalue weighted by atomic mass is 10.2. The minimum atomic E-state index is 0.513. The molecule has 0 fully saturated rings. The van der Waals surface area contributed by atoms with E-state index in [9.17, 15) is 0 Å². The molecule has 14 heavy (non-hydrogen) atoms. The van der Waals surface area contributed by atoms with Crippen molar-refractivity contribution < 1.29 is 0 Å². The fourth-order valence-corrected chi connectivity index (χ4v) is 2.72. The van der Waals surface area contributed by atoms with Crippen LogP contribution in [0.3, 0.4) is 0 Å². The normalized spacial score (nSPS) is 10.2. The average Bonchev–Trinajstić information content (AvgIpc) is 2.16. The summed E-state index contributed by atoms with van der Waals surface area (Å²) in [7, 11) is 0. The third kappa shape index (κ3) is 2.70. The molecule has 0 aliphatic carbocycles. The molecule has 1 nitrogen and oxygen atoms in total. The average molecular weight is 223 g/mol. The quantitative estimate of drug-likeness (QED) is 0.729. The maximum absolute atomic E-state index is 9.07. The highest BCUT2D eigenvalue weighted by Crippen LogP contribution is 2.31. The SMILES string of the molecule is CSc1cccc(SC(C)C)c1C#N. The van der Waals surface area contributed by atoms with Crippen molar-refractivity contribution in [3.05, 3.63) is 23.8 Å². The van der Waals surface area contributed by atoms with Gasteiger partial charge in [-0.2, -0.15) is 5.26 Å². The second-order valence-corrected chi connectivity index (χ2v) is 5.58. The number of hydrogen-bond donors (Lipinski definition) is 0. The van der Waals surface area contributed by atoms with Crippen LogP contribution in [0.2, 0.25) is 0 Å². The molecule has 0 bridgehead atoms. The molecule has 0 aliphatic heterocycles. The van der Waals surface area contributed by atoms with Crippen LogP contribution < -0.4 is 0 Å². The highest BCUT2D eigenvalue weighted by atomic mass is 32.2. The molecule has 0 aromatic heterocycles. The van der Waals surface area contributed by atoms with Crippen molar-refractivity contribution in [3.63, 3.8) is 0 Å². The van der Waals surface area contributed by atoms with E-state index in [4.69, 9.17) is 5.26 Å². The topological polar surface area (TPSA) is 23.8 Å². The van der Waals surface area contributed by atoms with Crippen LogP contribution in [-0.2, 0) is 0 Å². The zero-order valence-electron chi connectivity index (χ0n) is 8.57. The molecule has 3 heteroatoms. The van der Waals surface area contributed by atoms with Crippen LogP contribution in [0.4, 0.5) is 0 Å². The van der Waals surface area contributed by atoms with Crippen LogP contribution in [0, 0.1) is 11.3 Å². The summed E-state index contributed by atoms with van der Waals surface area (Å²) in [6.45, 7) is 4.27.